The van der Waals surface area contributed by atoms with Crippen LogP contribution in [0.25, 0.3) is 11.3 Å². The molecule has 0 atom stereocenters. The lowest BCUT2D eigenvalue weighted by Gasteiger charge is -2.12. The van der Waals surface area contributed by atoms with E-state index in [2.05, 4.69) is 15.8 Å². The molecule has 0 aliphatic heterocycles. The van der Waals surface area contributed by atoms with E-state index in [1.54, 1.807) is 0 Å². The molecule has 0 aliphatic carbocycles. The maximum atomic E-state index is 13.8. The highest BCUT2D eigenvalue weighted by atomic mass is 32.2. The number of hydrogen-bond acceptors (Lipinski definition) is 6. The van der Waals surface area contributed by atoms with Crippen LogP contribution in [0.1, 0.15) is 22.7 Å². The van der Waals surface area contributed by atoms with E-state index in [4.69, 9.17) is 4.42 Å². The SMILES string of the molecule is CN(C)S(=O)(=O)c1cccc(C(=O)NNC(=O)CCc2ncc(-c3c(F)cccc3F)o2)c1. The number of aryl methyl sites for hydroxylation is 1. The third kappa shape index (κ3) is 5.59. The van der Waals surface area contributed by atoms with Gasteiger partial charge in [0.25, 0.3) is 5.91 Å². The quantitative estimate of drug-likeness (QED) is 0.503. The second-order valence-electron chi connectivity index (χ2n) is 7.03. The summed E-state index contributed by atoms with van der Waals surface area (Å²) in [6.45, 7) is 0. The first-order valence-corrected chi connectivity index (χ1v) is 11.0. The summed E-state index contributed by atoms with van der Waals surface area (Å²) < 4.78 is 58.4. The van der Waals surface area contributed by atoms with E-state index in [0.29, 0.717) is 0 Å². The molecule has 9 nitrogen and oxygen atoms in total. The predicted octanol–water partition coefficient (Wildman–Crippen LogP) is 2.26. The summed E-state index contributed by atoms with van der Waals surface area (Å²) in [5.41, 5.74) is 4.07. The van der Waals surface area contributed by atoms with Gasteiger partial charge < -0.3 is 4.42 Å². The number of oxazole rings is 1. The van der Waals surface area contributed by atoms with Gasteiger partial charge in [-0.05, 0) is 30.3 Å². The van der Waals surface area contributed by atoms with Crippen molar-refractivity contribution < 1.29 is 31.2 Å². The number of nitrogens with one attached hydrogen (secondary N) is 2. The van der Waals surface area contributed by atoms with Crippen LogP contribution in [0.15, 0.2) is 58.0 Å². The van der Waals surface area contributed by atoms with E-state index in [-0.39, 0.29) is 40.5 Å². The smallest absolute Gasteiger partial charge is 0.269 e. The van der Waals surface area contributed by atoms with E-state index >= 15 is 0 Å². The first-order chi connectivity index (χ1) is 15.6. The van der Waals surface area contributed by atoms with Crippen LogP contribution in [-0.4, -0.2) is 43.6 Å². The molecule has 0 aliphatic rings. The summed E-state index contributed by atoms with van der Waals surface area (Å²) in [7, 11) is -0.991. The van der Waals surface area contributed by atoms with Gasteiger partial charge in [-0.25, -0.2) is 26.5 Å². The molecular formula is C21H20F2N4O5S. The van der Waals surface area contributed by atoms with Crippen molar-refractivity contribution in [3.63, 3.8) is 0 Å². The van der Waals surface area contributed by atoms with Crippen LogP contribution in [-0.2, 0) is 21.2 Å². The molecule has 0 fully saturated rings. The fourth-order valence-corrected chi connectivity index (χ4v) is 3.71. The number of amides is 2. The van der Waals surface area contributed by atoms with Crippen molar-refractivity contribution in [2.45, 2.75) is 17.7 Å². The molecule has 12 heteroatoms. The Morgan fingerprint density at radius 3 is 2.39 bits per heavy atom. The zero-order chi connectivity index (χ0) is 24.2. The van der Waals surface area contributed by atoms with Crippen LogP contribution in [0, 0.1) is 11.6 Å². The molecule has 0 saturated carbocycles. The lowest BCUT2D eigenvalue weighted by molar-refractivity contribution is -0.121. The summed E-state index contributed by atoms with van der Waals surface area (Å²) in [5, 5.41) is 0. The standard InChI is InChI=1S/C21H20F2N4O5S/c1-27(2)33(30,31)14-6-3-5-13(11-14)21(29)26-25-18(28)9-10-19-24-12-17(32-19)20-15(22)7-4-8-16(20)23/h3-8,11-12H,9-10H2,1-2H3,(H,25,28)(H,26,29). The second kappa shape index (κ2) is 9.88. The molecule has 0 spiro atoms. The van der Waals surface area contributed by atoms with Gasteiger partial charge in [0, 0.05) is 32.5 Å². The number of carbonyl (C=O) groups excluding carboxylic acids is 2. The second-order valence-corrected chi connectivity index (χ2v) is 9.18. The molecule has 3 aromatic rings. The highest BCUT2D eigenvalue weighted by molar-refractivity contribution is 7.89. The van der Waals surface area contributed by atoms with Crippen molar-refractivity contribution in [2.24, 2.45) is 0 Å². The largest absolute Gasteiger partial charge is 0.441 e. The molecule has 3 rings (SSSR count). The van der Waals surface area contributed by atoms with Crippen LogP contribution in [0.2, 0.25) is 0 Å². The van der Waals surface area contributed by atoms with Gasteiger partial charge in [-0.3, -0.25) is 20.4 Å². The molecule has 0 radical (unpaired) electrons. The highest BCUT2D eigenvalue weighted by Crippen LogP contribution is 2.26. The first-order valence-electron chi connectivity index (χ1n) is 9.60. The van der Waals surface area contributed by atoms with Crippen LogP contribution < -0.4 is 10.9 Å². The first kappa shape index (κ1) is 24.0. The van der Waals surface area contributed by atoms with Crippen molar-refractivity contribution >= 4 is 21.8 Å². The molecule has 2 N–H and O–H groups in total. The van der Waals surface area contributed by atoms with Gasteiger partial charge in [0.15, 0.2) is 11.7 Å². The van der Waals surface area contributed by atoms with E-state index < -0.39 is 33.5 Å². The minimum atomic E-state index is -3.73. The Kier molecular flexibility index (Phi) is 7.19. The van der Waals surface area contributed by atoms with Crippen LogP contribution in [0.4, 0.5) is 8.78 Å². The van der Waals surface area contributed by atoms with E-state index in [1.807, 2.05) is 0 Å². The summed E-state index contributed by atoms with van der Waals surface area (Å²) in [6, 6.07) is 8.74. The molecule has 2 aromatic carbocycles. The van der Waals surface area contributed by atoms with Gasteiger partial charge in [0.05, 0.1) is 16.7 Å². The van der Waals surface area contributed by atoms with Gasteiger partial charge >= 0.3 is 0 Å². The molecule has 0 unspecified atom stereocenters. The molecule has 33 heavy (non-hydrogen) atoms. The average Bonchev–Trinajstić information content (AvgIpc) is 3.24. The molecule has 1 heterocycles. The minimum Gasteiger partial charge on any atom is -0.441 e. The fraction of sp³-hybridized carbons (Fsp3) is 0.190. The Hall–Kier alpha value is -3.64. The number of sulfonamides is 1. The summed E-state index contributed by atoms with van der Waals surface area (Å²) in [5.74, 6) is -2.94. The number of aromatic nitrogens is 1. The van der Waals surface area contributed by atoms with Crippen molar-refractivity contribution in [3.8, 4) is 11.3 Å². The summed E-state index contributed by atoms with van der Waals surface area (Å²) in [6.07, 6.45) is 1.02. The Morgan fingerprint density at radius 2 is 1.73 bits per heavy atom. The normalized spacial score (nSPS) is 11.4. The number of nitrogens with zero attached hydrogens (tertiary/aromatic N) is 2. The van der Waals surface area contributed by atoms with Gasteiger partial charge in [0.2, 0.25) is 15.9 Å². The number of halogens is 2. The average molecular weight is 478 g/mol. The van der Waals surface area contributed by atoms with Gasteiger partial charge in [-0.2, -0.15) is 0 Å². The van der Waals surface area contributed by atoms with Crippen molar-refractivity contribution in [2.75, 3.05) is 14.1 Å². The molecule has 1 aromatic heterocycles. The van der Waals surface area contributed by atoms with Crippen molar-refractivity contribution in [1.29, 1.82) is 0 Å². The fourth-order valence-electron chi connectivity index (χ4n) is 2.76. The molecule has 0 bridgehead atoms. The third-order valence-electron chi connectivity index (χ3n) is 4.52. The minimum absolute atomic E-state index is 0.00827. The van der Waals surface area contributed by atoms with E-state index in [0.717, 1.165) is 22.6 Å². The molecule has 2 amide bonds. The topological polar surface area (TPSA) is 122 Å². The summed E-state index contributed by atoms with van der Waals surface area (Å²) >= 11 is 0. The lowest BCUT2D eigenvalue weighted by atomic mass is 10.1. The Bertz CT molecular complexity index is 1270. The Labute approximate surface area is 188 Å². The monoisotopic (exact) mass is 478 g/mol. The molecule has 0 saturated heterocycles. The zero-order valence-electron chi connectivity index (χ0n) is 17.6. The van der Waals surface area contributed by atoms with Crippen LogP contribution in [0.3, 0.4) is 0 Å². The molecular weight excluding hydrogens is 458 g/mol. The number of carbonyl (C=O) groups is 2. The van der Waals surface area contributed by atoms with Gasteiger partial charge in [-0.15, -0.1) is 0 Å². The predicted molar refractivity (Wildman–Crippen MR) is 113 cm³/mol. The maximum Gasteiger partial charge on any atom is 0.269 e. The lowest BCUT2D eigenvalue weighted by Crippen LogP contribution is -2.41. The maximum absolute atomic E-state index is 13.8. The van der Waals surface area contributed by atoms with E-state index in [1.165, 1.54) is 44.4 Å². The number of benzene rings is 2. The van der Waals surface area contributed by atoms with Crippen LogP contribution >= 0.6 is 0 Å². The van der Waals surface area contributed by atoms with Gasteiger partial charge in [0.1, 0.15) is 11.6 Å². The third-order valence-corrected chi connectivity index (χ3v) is 6.33. The van der Waals surface area contributed by atoms with Gasteiger partial charge in [-0.1, -0.05) is 12.1 Å². The number of hydrazine groups is 1. The molecule has 174 valence electrons. The summed E-state index contributed by atoms with van der Waals surface area (Å²) in [4.78, 5) is 28.1. The number of rotatable bonds is 7. The Balaban J connectivity index is 1.56. The van der Waals surface area contributed by atoms with Crippen molar-refractivity contribution in [1.82, 2.24) is 20.1 Å². The zero-order valence-corrected chi connectivity index (χ0v) is 18.4. The van der Waals surface area contributed by atoms with Crippen LogP contribution in [0.5, 0.6) is 0 Å². The Morgan fingerprint density at radius 1 is 1.06 bits per heavy atom. The van der Waals surface area contributed by atoms with Crippen molar-refractivity contribution in [3.05, 3.63) is 71.8 Å². The highest BCUT2D eigenvalue weighted by Gasteiger charge is 2.19. The number of hydrogen-bond donors (Lipinski definition) is 2. The van der Waals surface area contributed by atoms with E-state index in [9.17, 15) is 26.8 Å².